The van der Waals surface area contributed by atoms with Crippen molar-refractivity contribution in [3.8, 4) is 0 Å². The van der Waals surface area contributed by atoms with Gasteiger partial charge in [0, 0.05) is 13.6 Å². The Kier molecular flexibility index (Phi) is 7.17. The van der Waals surface area contributed by atoms with Crippen molar-refractivity contribution in [3.05, 3.63) is 70.3 Å². The zero-order valence-electron chi connectivity index (χ0n) is 17.0. The molecule has 2 amide bonds. The number of hydrogen-bond donors (Lipinski definition) is 1. The average molecular weight is 367 g/mol. The number of likely N-dealkylation sites (N-methyl/N-ethyl adjacent to an activating group) is 1. The molecule has 27 heavy (non-hydrogen) atoms. The van der Waals surface area contributed by atoms with Crippen LogP contribution >= 0.6 is 0 Å². The third-order valence-corrected chi connectivity index (χ3v) is 5.03. The van der Waals surface area contributed by atoms with Gasteiger partial charge < -0.3 is 10.2 Å². The second-order valence-corrected chi connectivity index (χ2v) is 7.14. The maximum Gasteiger partial charge on any atom is 0.242 e. The van der Waals surface area contributed by atoms with Crippen molar-refractivity contribution >= 4 is 11.8 Å². The highest BCUT2D eigenvalue weighted by Crippen LogP contribution is 2.16. The summed E-state index contributed by atoms with van der Waals surface area (Å²) in [6, 6.07) is 13.7. The Balaban J connectivity index is 2.28. The molecule has 1 unspecified atom stereocenters. The molecule has 0 aromatic heterocycles. The first-order valence-electron chi connectivity index (χ1n) is 9.48. The van der Waals surface area contributed by atoms with Gasteiger partial charge in [0.05, 0.1) is 6.42 Å². The van der Waals surface area contributed by atoms with E-state index in [1.807, 2.05) is 57.2 Å². The highest BCUT2D eigenvalue weighted by Gasteiger charge is 2.28. The van der Waals surface area contributed by atoms with Crippen LogP contribution < -0.4 is 5.32 Å². The number of benzene rings is 2. The number of hydrogen-bond acceptors (Lipinski definition) is 2. The van der Waals surface area contributed by atoms with Crippen LogP contribution in [0.5, 0.6) is 0 Å². The van der Waals surface area contributed by atoms with E-state index in [1.165, 1.54) is 16.7 Å². The van der Waals surface area contributed by atoms with E-state index in [1.54, 1.807) is 11.9 Å². The zero-order chi connectivity index (χ0) is 20.0. The minimum atomic E-state index is -0.477. The molecule has 0 aliphatic carbocycles. The fourth-order valence-corrected chi connectivity index (χ4v) is 3.17. The van der Waals surface area contributed by atoms with Gasteiger partial charge in [-0.1, -0.05) is 55.0 Å². The third kappa shape index (κ3) is 5.43. The number of nitrogens with zero attached hydrogens (tertiary/aromatic N) is 1. The number of rotatable bonds is 7. The molecule has 0 aliphatic heterocycles. The first-order valence-corrected chi connectivity index (χ1v) is 9.48. The summed E-state index contributed by atoms with van der Waals surface area (Å²) in [5.74, 6) is -0.160. The SMILES string of the molecule is CCC(C(=O)NC)N(Cc1ccc(C)cc1)C(=O)Cc1ccc(C)c(C)c1. The van der Waals surface area contributed by atoms with E-state index < -0.39 is 6.04 Å². The maximum absolute atomic E-state index is 13.1. The molecule has 0 heterocycles. The topological polar surface area (TPSA) is 49.4 Å². The van der Waals surface area contributed by atoms with Crippen molar-refractivity contribution in [1.29, 1.82) is 0 Å². The van der Waals surface area contributed by atoms with Crippen molar-refractivity contribution in [3.63, 3.8) is 0 Å². The lowest BCUT2D eigenvalue weighted by Gasteiger charge is -2.30. The Morgan fingerprint density at radius 3 is 2.15 bits per heavy atom. The van der Waals surface area contributed by atoms with Crippen molar-refractivity contribution in [2.75, 3.05) is 7.05 Å². The van der Waals surface area contributed by atoms with Gasteiger partial charge in [0.25, 0.3) is 0 Å². The molecule has 0 radical (unpaired) electrons. The van der Waals surface area contributed by atoms with Crippen LogP contribution in [0.4, 0.5) is 0 Å². The molecule has 144 valence electrons. The van der Waals surface area contributed by atoms with Gasteiger partial charge in [-0.15, -0.1) is 0 Å². The van der Waals surface area contributed by atoms with Gasteiger partial charge in [0.2, 0.25) is 11.8 Å². The predicted molar refractivity (Wildman–Crippen MR) is 109 cm³/mol. The van der Waals surface area contributed by atoms with Crippen molar-refractivity contribution in [1.82, 2.24) is 10.2 Å². The van der Waals surface area contributed by atoms with Gasteiger partial charge in [0.15, 0.2) is 0 Å². The summed E-state index contributed by atoms with van der Waals surface area (Å²) in [6.07, 6.45) is 0.866. The molecule has 4 heteroatoms. The molecule has 0 fully saturated rings. The molecule has 1 N–H and O–H groups in total. The number of carbonyl (C=O) groups is 2. The first kappa shape index (κ1) is 20.7. The summed E-state index contributed by atoms with van der Waals surface area (Å²) >= 11 is 0. The van der Waals surface area contributed by atoms with Crippen LogP contribution in [0.1, 0.15) is 41.2 Å². The maximum atomic E-state index is 13.1. The third-order valence-electron chi connectivity index (χ3n) is 5.03. The van der Waals surface area contributed by atoms with Crippen molar-refractivity contribution in [2.24, 2.45) is 0 Å². The molecule has 2 rings (SSSR count). The van der Waals surface area contributed by atoms with Crippen molar-refractivity contribution < 1.29 is 9.59 Å². The van der Waals surface area contributed by atoms with Crippen LogP contribution in [0.3, 0.4) is 0 Å². The van der Waals surface area contributed by atoms with Crippen LogP contribution in [0, 0.1) is 20.8 Å². The van der Waals surface area contributed by atoms with E-state index in [0.717, 1.165) is 11.1 Å². The number of nitrogens with one attached hydrogen (secondary N) is 1. The summed E-state index contributed by atoms with van der Waals surface area (Å²) in [4.78, 5) is 27.2. The van der Waals surface area contributed by atoms with Crippen molar-refractivity contribution in [2.45, 2.75) is 53.1 Å². The fourth-order valence-electron chi connectivity index (χ4n) is 3.17. The second kappa shape index (κ2) is 9.36. The number of amides is 2. The largest absolute Gasteiger partial charge is 0.357 e. The molecule has 0 bridgehead atoms. The Morgan fingerprint density at radius 1 is 0.963 bits per heavy atom. The minimum absolute atomic E-state index is 0.0331. The Morgan fingerprint density at radius 2 is 1.59 bits per heavy atom. The van der Waals surface area contributed by atoms with Crippen LogP contribution in [0.2, 0.25) is 0 Å². The summed E-state index contributed by atoms with van der Waals surface area (Å²) in [5, 5.41) is 2.69. The summed E-state index contributed by atoms with van der Waals surface area (Å²) in [7, 11) is 1.61. The van der Waals surface area contributed by atoms with E-state index in [2.05, 4.69) is 18.3 Å². The molecule has 2 aromatic rings. The summed E-state index contributed by atoms with van der Waals surface area (Å²) in [5.41, 5.74) is 5.55. The van der Waals surface area contributed by atoms with Crippen LogP contribution in [0.25, 0.3) is 0 Å². The summed E-state index contributed by atoms with van der Waals surface area (Å²) < 4.78 is 0. The smallest absolute Gasteiger partial charge is 0.242 e. The minimum Gasteiger partial charge on any atom is -0.357 e. The zero-order valence-corrected chi connectivity index (χ0v) is 17.0. The predicted octanol–water partition coefficient (Wildman–Crippen LogP) is 3.71. The Labute approximate surface area is 162 Å². The van der Waals surface area contributed by atoms with Gasteiger partial charge in [-0.05, 0) is 49.4 Å². The first-order chi connectivity index (χ1) is 12.8. The second-order valence-electron chi connectivity index (χ2n) is 7.14. The standard InChI is InChI=1S/C23H30N2O2/c1-6-21(23(27)24-5)25(15-19-10-7-16(2)8-11-19)22(26)14-20-12-9-17(3)18(4)13-20/h7-13,21H,6,14-15H2,1-5H3,(H,24,27). The number of aryl methyl sites for hydroxylation is 3. The van der Waals surface area contributed by atoms with Gasteiger partial charge >= 0.3 is 0 Å². The molecule has 0 saturated heterocycles. The number of carbonyl (C=O) groups excluding carboxylic acids is 2. The highest BCUT2D eigenvalue weighted by molar-refractivity contribution is 5.88. The van der Waals surface area contributed by atoms with Gasteiger partial charge in [-0.3, -0.25) is 9.59 Å². The van der Waals surface area contributed by atoms with Gasteiger partial charge in [-0.25, -0.2) is 0 Å². The lowest BCUT2D eigenvalue weighted by molar-refractivity contribution is -0.140. The molecule has 0 aliphatic rings. The molecule has 4 nitrogen and oxygen atoms in total. The Bertz CT molecular complexity index is 797. The molecular formula is C23H30N2O2. The molecule has 2 aromatic carbocycles. The quantitative estimate of drug-likeness (QED) is 0.812. The highest BCUT2D eigenvalue weighted by atomic mass is 16.2. The van der Waals surface area contributed by atoms with E-state index >= 15 is 0 Å². The molecule has 0 saturated carbocycles. The molecule has 0 spiro atoms. The van der Waals surface area contributed by atoms with E-state index in [4.69, 9.17) is 0 Å². The lowest BCUT2D eigenvalue weighted by atomic mass is 10.0. The Hall–Kier alpha value is -2.62. The fraction of sp³-hybridized carbons (Fsp3) is 0.391. The average Bonchev–Trinajstić information content (AvgIpc) is 2.65. The monoisotopic (exact) mass is 366 g/mol. The van der Waals surface area contributed by atoms with Crippen LogP contribution in [-0.2, 0) is 22.6 Å². The van der Waals surface area contributed by atoms with E-state index in [0.29, 0.717) is 19.4 Å². The van der Waals surface area contributed by atoms with Crippen LogP contribution in [-0.4, -0.2) is 29.8 Å². The molecule has 1 atom stereocenters. The summed E-state index contributed by atoms with van der Waals surface area (Å²) in [6.45, 7) is 8.50. The van der Waals surface area contributed by atoms with Gasteiger partial charge in [0.1, 0.15) is 6.04 Å². The van der Waals surface area contributed by atoms with Gasteiger partial charge in [-0.2, -0.15) is 0 Å². The van der Waals surface area contributed by atoms with E-state index in [9.17, 15) is 9.59 Å². The van der Waals surface area contributed by atoms with E-state index in [-0.39, 0.29) is 11.8 Å². The molecular weight excluding hydrogens is 336 g/mol. The van der Waals surface area contributed by atoms with Crippen LogP contribution in [0.15, 0.2) is 42.5 Å². The normalized spacial score (nSPS) is 11.7. The lowest BCUT2D eigenvalue weighted by Crippen LogP contribution is -2.48.